The first kappa shape index (κ1) is 11.1. The second-order valence-corrected chi connectivity index (χ2v) is 4.08. The number of hydrogen-bond acceptors (Lipinski definition) is 2. The van der Waals surface area contributed by atoms with Crippen LogP contribution in [0.1, 0.15) is 20.3 Å². The molecule has 0 spiro atoms. The molecular weight excluding hydrogens is 194 g/mol. The molecule has 0 atom stereocenters. The van der Waals surface area contributed by atoms with Crippen LogP contribution >= 0.6 is 11.8 Å². The van der Waals surface area contributed by atoms with Gasteiger partial charge in [0.1, 0.15) is 0 Å². The molecule has 1 aliphatic heterocycles. The number of carbonyl (C=O) groups excluding carboxylic acids is 1. The van der Waals surface area contributed by atoms with E-state index in [1.165, 1.54) is 0 Å². The minimum Gasteiger partial charge on any atom is -0.325 e. The summed E-state index contributed by atoms with van der Waals surface area (Å²) in [6.45, 7) is 7.92. The maximum Gasteiger partial charge on any atom is 0.234 e. The van der Waals surface area contributed by atoms with Gasteiger partial charge in [-0.3, -0.25) is 4.79 Å². The minimum atomic E-state index is 0.0716. The Bertz CT molecular complexity index is 315. The number of rotatable bonds is 2. The van der Waals surface area contributed by atoms with Crippen molar-refractivity contribution in [3.05, 3.63) is 34.9 Å². The minimum absolute atomic E-state index is 0.0716. The van der Waals surface area contributed by atoms with Crippen molar-refractivity contribution in [2.75, 3.05) is 5.75 Å². The molecule has 0 bridgehead atoms. The summed E-state index contributed by atoms with van der Waals surface area (Å²) in [5.74, 6) is 0.572. The van der Waals surface area contributed by atoms with E-state index in [4.69, 9.17) is 0 Å². The van der Waals surface area contributed by atoms with Crippen LogP contribution < -0.4 is 5.32 Å². The number of carbonyl (C=O) groups is 1. The Morgan fingerprint density at radius 3 is 3.00 bits per heavy atom. The standard InChI is InChI=1S/C11H15NOS/c1-4-8(3)6-10-9(5-2)12-11(13)7-14-10/h5-6H,3-4,7H2,1-2H3,(H,12,13)/b9-5+,10-6+. The number of amides is 1. The van der Waals surface area contributed by atoms with Crippen LogP contribution in [-0.2, 0) is 4.79 Å². The van der Waals surface area contributed by atoms with Gasteiger partial charge in [0.15, 0.2) is 0 Å². The van der Waals surface area contributed by atoms with E-state index in [1.54, 1.807) is 11.8 Å². The van der Waals surface area contributed by atoms with Gasteiger partial charge < -0.3 is 5.32 Å². The Labute approximate surface area is 89.1 Å². The topological polar surface area (TPSA) is 29.1 Å². The zero-order chi connectivity index (χ0) is 10.6. The van der Waals surface area contributed by atoms with Crippen LogP contribution in [0.4, 0.5) is 0 Å². The van der Waals surface area contributed by atoms with Crippen LogP contribution in [0.15, 0.2) is 34.9 Å². The zero-order valence-electron chi connectivity index (χ0n) is 8.59. The molecule has 1 rings (SSSR count). The molecule has 3 heteroatoms. The van der Waals surface area contributed by atoms with Gasteiger partial charge in [0.05, 0.1) is 11.4 Å². The molecule has 14 heavy (non-hydrogen) atoms. The summed E-state index contributed by atoms with van der Waals surface area (Å²) in [5.41, 5.74) is 1.99. The lowest BCUT2D eigenvalue weighted by molar-refractivity contribution is -0.117. The highest BCUT2D eigenvalue weighted by Gasteiger charge is 2.16. The fraction of sp³-hybridized carbons (Fsp3) is 0.364. The van der Waals surface area contributed by atoms with Crippen molar-refractivity contribution in [1.29, 1.82) is 0 Å². The molecule has 0 aromatic rings. The van der Waals surface area contributed by atoms with E-state index in [-0.39, 0.29) is 5.91 Å². The average molecular weight is 209 g/mol. The first-order valence-corrected chi connectivity index (χ1v) is 5.64. The Morgan fingerprint density at radius 1 is 1.71 bits per heavy atom. The van der Waals surface area contributed by atoms with Gasteiger partial charge in [-0.25, -0.2) is 0 Å². The van der Waals surface area contributed by atoms with Gasteiger partial charge in [0.2, 0.25) is 5.91 Å². The molecule has 1 saturated heterocycles. The maximum absolute atomic E-state index is 11.1. The number of thioether (sulfide) groups is 1. The summed E-state index contributed by atoms with van der Waals surface area (Å²) in [7, 11) is 0. The van der Waals surface area contributed by atoms with Crippen molar-refractivity contribution in [3.8, 4) is 0 Å². The van der Waals surface area contributed by atoms with Crippen molar-refractivity contribution < 1.29 is 4.79 Å². The summed E-state index contributed by atoms with van der Waals surface area (Å²) < 4.78 is 0. The number of hydrogen-bond donors (Lipinski definition) is 1. The Balaban J connectivity index is 2.83. The molecule has 0 radical (unpaired) electrons. The zero-order valence-corrected chi connectivity index (χ0v) is 9.41. The van der Waals surface area contributed by atoms with Crippen molar-refractivity contribution >= 4 is 17.7 Å². The Kier molecular flexibility index (Phi) is 4.01. The van der Waals surface area contributed by atoms with Crippen LogP contribution in [0.2, 0.25) is 0 Å². The average Bonchev–Trinajstić information content (AvgIpc) is 2.20. The molecule has 1 aliphatic rings. The molecule has 0 unspecified atom stereocenters. The molecule has 0 aliphatic carbocycles. The van der Waals surface area contributed by atoms with Crippen LogP contribution in [0.25, 0.3) is 0 Å². The highest BCUT2D eigenvalue weighted by atomic mass is 32.2. The van der Waals surface area contributed by atoms with E-state index < -0.39 is 0 Å². The van der Waals surface area contributed by atoms with E-state index >= 15 is 0 Å². The molecule has 2 nitrogen and oxygen atoms in total. The third kappa shape index (κ3) is 2.77. The molecule has 1 N–H and O–H groups in total. The normalized spacial score (nSPS) is 22.6. The van der Waals surface area contributed by atoms with Gasteiger partial charge in [-0.1, -0.05) is 25.2 Å². The summed E-state index contributed by atoms with van der Waals surface area (Å²) in [6, 6.07) is 0. The van der Waals surface area contributed by atoms with Crippen LogP contribution in [-0.4, -0.2) is 11.7 Å². The third-order valence-corrected chi connectivity index (χ3v) is 3.03. The second-order valence-electron chi connectivity index (χ2n) is 3.06. The maximum atomic E-state index is 11.1. The van der Waals surface area contributed by atoms with Crippen molar-refractivity contribution in [3.63, 3.8) is 0 Å². The fourth-order valence-corrected chi connectivity index (χ4v) is 2.02. The first-order valence-electron chi connectivity index (χ1n) is 4.66. The van der Waals surface area contributed by atoms with Gasteiger partial charge >= 0.3 is 0 Å². The molecule has 1 heterocycles. The van der Waals surface area contributed by atoms with Gasteiger partial charge in [-0.05, 0) is 19.4 Å². The van der Waals surface area contributed by atoms with Gasteiger partial charge in [-0.15, -0.1) is 11.8 Å². The van der Waals surface area contributed by atoms with Crippen LogP contribution in [0.5, 0.6) is 0 Å². The summed E-state index contributed by atoms with van der Waals surface area (Å²) >= 11 is 1.57. The van der Waals surface area contributed by atoms with Gasteiger partial charge in [0.25, 0.3) is 0 Å². The van der Waals surface area contributed by atoms with E-state index in [2.05, 4.69) is 18.8 Å². The van der Waals surface area contributed by atoms with Crippen LogP contribution in [0, 0.1) is 0 Å². The highest BCUT2D eigenvalue weighted by Crippen LogP contribution is 2.27. The van der Waals surface area contributed by atoms with Crippen molar-refractivity contribution in [1.82, 2.24) is 5.32 Å². The lowest BCUT2D eigenvalue weighted by Gasteiger charge is -2.18. The first-order chi connectivity index (χ1) is 6.67. The molecule has 0 aromatic heterocycles. The molecule has 0 saturated carbocycles. The summed E-state index contributed by atoms with van der Waals surface area (Å²) in [5, 5.41) is 2.84. The fourth-order valence-electron chi connectivity index (χ4n) is 1.09. The molecule has 1 fully saturated rings. The van der Waals surface area contributed by atoms with Crippen molar-refractivity contribution in [2.24, 2.45) is 0 Å². The van der Waals surface area contributed by atoms with Gasteiger partial charge in [0, 0.05) is 4.91 Å². The quantitative estimate of drug-likeness (QED) is 0.757. The predicted octanol–water partition coefficient (Wildman–Crippen LogP) is 2.60. The molecule has 1 amide bonds. The molecule has 76 valence electrons. The lowest BCUT2D eigenvalue weighted by Crippen LogP contribution is -2.29. The van der Waals surface area contributed by atoms with E-state index in [0.717, 1.165) is 22.6 Å². The Hall–Kier alpha value is -0.960. The van der Waals surface area contributed by atoms with Crippen LogP contribution in [0.3, 0.4) is 0 Å². The largest absolute Gasteiger partial charge is 0.325 e. The molecule has 0 aromatic carbocycles. The van der Waals surface area contributed by atoms with E-state index in [9.17, 15) is 4.79 Å². The van der Waals surface area contributed by atoms with E-state index in [0.29, 0.717) is 5.75 Å². The smallest absolute Gasteiger partial charge is 0.234 e. The monoisotopic (exact) mass is 209 g/mol. The summed E-state index contributed by atoms with van der Waals surface area (Å²) in [6.07, 6.45) is 4.90. The lowest BCUT2D eigenvalue weighted by atomic mass is 10.2. The number of allylic oxidation sites excluding steroid dienone is 3. The van der Waals surface area contributed by atoms with Gasteiger partial charge in [-0.2, -0.15) is 0 Å². The Morgan fingerprint density at radius 2 is 2.43 bits per heavy atom. The SMILES string of the molecule is C=C(/C=C1/SCC(=O)N/C1=C/C)CC. The third-order valence-electron chi connectivity index (χ3n) is 1.98. The van der Waals surface area contributed by atoms with Crippen molar-refractivity contribution in [2.45, 2.75) is 20.3 Å². The number of nitrogens with one attached hydrogen (secondary N) is 1. The highest BCUT2D eigenvalue weighted by molar-refractivity contribution is 8.04. The van der Waals surface area contributed by atoms with E-state index in [1.807, 2.05) is 19.1 Å². The second kappa shape index (κ2) is 5.05. The predicted molar refractivity (Wildman–Crippen MR) is 61.9 cm³/mol. The molecular formula is C11H15NOS. The summed E-state index contributed by atoms with van der Waals surface area (Å²) in [4.78, 5) is 12.2.